The molecule has 0 saturated carbocycles. The van der Waals surface area contributed by atoms with Crippen molar-refractivity contribution in [2.24, 2.45) is 0 Å². The van der Waals surface area contributed by atoms with Gasteiger partial charge < -0.3 is 0 Å². The van der Waals surface area contributed by atoms with E-state index < -0.39 is 0 Å². The van der Waals surface area contributed by atoms with Crippen LogP contribution < -0.4 is 0 Å². The Morgan fingerprint density at radius 2 is 1.19 bits per heavy atom. The number of benzene rings is 2. The molecule has 2 aromatic carbocycles. The van der Waals surface area contributed by atoms with Crippen LogP contribution in [0.3, 0.4) is 0 Å². The van der Waals surface area contributed by atoms with E-state index >= 15 is 0 Å². The highest BCUT2D eigenvalue weighted by Crippen LogP contribution is 2.22. The third-order valence-electron chi connectivity index (χ3n) is 2.30. The summed E-state index contributed by atoms with van der Waals surface area (Å²) in [6.45, 7) is 0. The number of hydrogen-bond acceptors (Lipinski definition) is 0. The molecule has 0 unspecified atom stereocenters. The van der Waals surface area contributed by atoms with E-state index in [1.165, 1.54) is 0 Å². The van der Waals surface area contributed by atoms with Gasteiger partial charge in [-0.1, -0.05) is 66.6 Å². The lowest BCUT2D eigenvalue weighted by Gasteiger charge is -2.09. The van der Waals surface area contributed by atoms with Crippen molar-refractivity contribution in [1.29, 1.82) is 0 Å². The molecule has 0 aromatic heterocycles. The lowest BCUT2D eigenvalue weighted by atomic mass is 9.92. The minimum atomic E-state index is 1.04. The van der Waals surface area contributed by atoms with Crippen LogP contribution in [0.2, 0.25) is 0 Å². The van der Waals surface area contributed by atoms with Crippen molar-refractivity contribution >= 4 is 15.9 Å². The summed E-state index contributed by atoms with van der Waals surface area (Å²) in [6, 6.07) is 20.4. The van der Waals surface area contributed by atoms with Crippen LogP contribution in [0, 0.1) is 16.7 Å². The summed E-state index contributed by atoms with van der Waals surface area (Å²) in [5, 5.41) is 0. The summed E-state index contributed by atoms with van der Waals surface area (Å²) >= 11 is 3.16. The van der Waals surface area contributed by atoms with Gasteiger partial charge in [0.2, 0.25) is 0 Å². The normalized spacial score (nSPS) is 9.62. The molecule has 1 heteroatoms. The maximum absolute atomic E-state index is 3.16. The first kappa shape index (κ1) is 11.0. The summed E-state index contributed by atoms with van der Waals surface area (Å²) < 4.78 is 0. The zero-order valence-electron chi connectivity index (χ0n) is 8.65. The van der Waals surface area contributed by atoms with Crippen LogP contribution >= 0.6 is 15.9 Å². The molecule has 2 rings (SSSR count). The van der Waals surface area contributed by atoms with Crippen molar-refractivity contribution in [3.05, 3.63) is 77.7 Å². The molecule has 0 bridgehead atoms. The first-order valence-electron chi connectivity index (χ1n) is 5.01. The SMILES string of the molecule is BrC#C[C](c1ccccc1)c1ccccc1. The number of rotatable bonds is 2. The topological polar surface area (TPSA) is 0 Å². The minimum absolute atomic E-state index is 1.04. The third kappa shape index (κ3) is 2.53. The van der Waals surface area contributed by atoms with E-state index in [1.54, 1.807) is 0 Å². The molecule has 0 fully saturated rings. The predicted octanol–water partition coefficient (Wildman–Crippen LogP) is 4.01. The molecule has 0 aliphatic heterocycles. The van der Waals surface area contributed by atoms with Crippen LogP contribution in [0.4, 0.5) is 0 Å². The van der Waals surface area contributed by atoms with Crippen LogP contribution in [0.5, 0.6) is 0 Å². The van der Waals surface area contributed by atoms with Gasteiger partial charge in [0.25, 0.3) is 0 Å². The molecule has 0 aliphatic rings. The molecule has 1 radical (unpaired) electrons. The zero-order chi connectivity index (χ0) is 11.2. The third-order valence-corrected chi connectivity index (χ3v) is 2.50. The zero-order valence-corrected chi connectivity index (χ0v) is 10.2. The Labute approximate surface area is 104 Å². The highest BCUT2D eigenvalue weighted by molar-refractivity contribution is 9.12. The molecule has 0 aliphatic carbocycles. The van der Waals surface area contributed by atoms with Crippen LogP contribution in [-0.4, -0.2) is 0 Å². The first-order valence-corrected chi connectivity index (χ1v) is 5.80. The van der Waals surface area contributed by atoms with Crippen LogP contribution in [0.15, 0.2) is 60.7 Å². The number of halogens is 1. The van der Waals surface area contributed by atoms with E-state index in [1.807, 2.05) is 36.4 Å². The standard InChI is InChI=1S/C15H10Br/c16-12-11-15(13-7-3-1-4-8-13)14-9-5-2-6-10-14/h1-10H. The predicted molar refractivity (Wildman–Crippen MR) is 71.0 cm³/mol. The fourth-order valence-electron chi connectivity index (χ4n) is 1.57. The minimum Gasteiger partial charge on any atom is -0.0719 e. The molecule has 0 atom stereocenters. The van der Waals surface area contributed by atoms with Crippen molar-refractivity contribution in [2.75, 3.05) is 0 Å². The van der Waals surface area contributed by atoms with Crippen molar-refractivity contribution in [2.45, 2.75) is 0 Å². The molecule has 0 heterocycles. The summed E-state index contributed by atoms with van der Waals surface area (Å²) in [5.74, 6) is 4.14. The Kier molecular flexibility index (Phi) is 3.80. The lowest BCUT2D eigenvalue weighted by Crippen LogP contribution is -1.98. The van der Waals surface area contributed by atoms with Gasteiger partial charge in [0.15, 0.2) is 0 Å². The Morgan fingerprint density at radius 1 is 0.750 bits per heavy atom. The van der Waals surface area contributed by atoms with E-state index in [4.69, 9.17) is 0 Å². The molecule has 16 heavy (non-hydrogen) atoms. The smallest absolute Gasteiger partial charge is 0.0719 e. The molecular weight excluding hydrogens is 260 g/mol. The molecule has 0 nitrogen and oxygen atoms in total. The summed E-state index contributed by atoms with van der Waals surface area (Å²) in [7, 11) is 0. The maximum Gasteiger partial charge on any atom is 0.107 e. The van der Waals surface area contributed by atoms with E-state index in [2.05, 4.69) is 50.9 Å². The molecule has 0 spiro atoms. The van der Waals surface area contributed by atoms with Gasteiger partial charge in [0, 0.05) is 15.9 Å². The maximum atomic E-state index is 3.16. The summed E-state index contributed by atoms with van der Waals surface area (Å²) in [4.78, 5) is 2.79. The van der Waals surface area contributed by atoms with Gasteiger partial charge in [0.1, 0.15) is 5.92 Å². The average Bonchev–Trinajstić information content (AvgIpc) is 2.38. The molecular formula is C15H10Br. The van der Waals surface area contributed by atoms with Gasteiger partial charge in [-0.2, -0.15) is 0 Å². The highest BCUT2D eigenvalue weighted by atomic mass is 79.9. The van der Waals surface area contributed by atoms with E-state index in [0.717, 1.165) is 17.0 Å². The van der Waals surface area contributed by atoms with Gasteiger partial charge in [-0.15, -0.1) is 0 Å². The quantitative estimate of drug-likeness (QED) is 0.723. The second-order valence-electron chi connectivity index (χ2n) is 3.33. The van der Waals surface area contributed by atoms with Gasteiger partial charge in [-0.25, -0.2) is 0 Å². The fraction of sp³-hybridized carbons (Fsp3) is 0. The molecule has 77 valence electrons. The Balaban J connectivity index is 2.42. The van der Waals surface area contributed by atoms with Crippen LogP contribution in [0.25, 0.3) is 0 Å². The van der Waals surface area contributed by atoms with Crippen molar-refractivity contribution in [3.8, 4) is 10.8 Å². The Morgan fingerprint density at radius 3 is 1.56 bits per heavy atom. The van der Waals surface area contributed by atoms with E-state index in [0.29, 0.717) is 0 Å². The number of hydrogen-bond donors (Lipinski definition) is 0. The molecule has 2 aromatic rings. The summed E-state index contributed by atoms with van der Waals surface area (Å²) in [6.07, 6.45) is 0. The van der Waals surface area contributed by atoms with Crippen molar-refractivity contribution in [1.82, 2.24) is 0 Å². The fourth-order valence-corrected chi connectivity index (χ4v) is 1.77. The molecule has 0 saturated heterocycles. The van der Waals surface area contributed by atoms with Gasteiger partial charge in [-0.05, 0) is 16.0 Å². The van der Waals surface area contributed by atoms with Crippen molar-refractivity contribution < 1.29 is 0 Å². The lowest BCUT2D eigenvalue weighted by molar-refractivity contribution is 1.32. The molecule has 0 N–H and O–H groups in total. The van der Waals surface area contributed by atoms with Gasteiger partial charge >= 0.3 is 0 Å². The monoisotopic (exact) mass is 269 g/mol. The van der Waals surface area contributed by atoms with Gasteiger partial charge in [-0.3, -0.25) is 0 Å². The first-order chi connectivity index (χ1) is 7.92. The second-order valence-corrected chi connectivity index (χ2v) is 3.72. The van der Waals surface area contributed by atoms with Crippen molar-refractivity contribution in [3.63, 3.8) is 0 Å². The van der Waals surface area contributed by atoms with E-state index in [-0.39, 0.29) is 0 Å². The van der Waals surface area contributed by atoms with E-state index in [9.17, 15) is 0 Å². The highest BCUT2D eigenvalue weighted by Gasteiger charge is 2.11. The van der Waals surface area contributed by atoms with Crippen LogP contribution in [0.1, 0.15) is 11.1 Å². The Bertz CT molecular complexity index is 452. The average molecular weight is 270 g/mol. The Hall–Kier alpha value is -1.52. The second kappa shape index (κ2) is 5.53. The van der Waals surface area contributed by atoms with Gasteiger partial charge in [0.05, 0.1) is 0 Å². The van der Waals surface area contributed by atoms with Crippen LogP contribution in [-0.2, 0) is 0 Å². The molecule has 0 amide bonds. The summed E-state index contributed by atoms with van der Waals surface area (Å²) in [5.41, 5.74) is 2.28. The largest absolute Gasteiger partial charge is 0.107 e.